The van der Waals surface area contributed by atoms with Crippen molar-refractivity contribution in [3.05, 3.63) is 65.5 Å². The fourth-order valence-electron chi connectivity index (χ4n) is 1.74. The number of carbonyl (C=O) groups excluding carboxylic acids is 1. The Balaban J connectivity index is 1.81. The summed E-state index contributed by atoms with van der Waals surface area (Å²) in [4.78, 5) is 11.6. The number of aryl methyl sites for hydroxylation is 1. The van der Waals surface area contributed by atoms with Crippen LogP contribution in [0.25, 0.3) is 0 Å². The molecule has 2 rings (SSSR count). The number of hydrogen-bond acceptors (Lipinski definition) is 2. The Labute approximate surface area is 117 Å². The number of nitrogens with one attached hydrogen (secondary N) is 1. The summed E-state index contributed by atoms with van der Waals surface area (Å²) in [6, 6.07) is 14.2. The first-order valence-corrected chi connectivity index (χ1v) is 6.33. The molecular weight excluding hydrogens is 257 g/mol. The summed E-state index contributed by atoms with van der Waals surface area (Å²) in [7, 11) is 0. The zero-order chi connectivity index (χ0) is 14.4. The van der Waals surface area contributed by atoms with Gasteiger partial charge in [0, 0.05) is 0 Å². The zero-order valence-corrected chi connectivity index (χ0v) is 11.2. The van der Waals surface area contributed by atoms with E-state index in [4.69, 9.17) is 4.74 Å². The number of anilines is 1. The SMILES string of the molecule is Cc1ccc(NC(=O)COCc2ccccc2)c(F)c1. The molecule has 20 heavy (non-hydrogen) atoms. The molecule has 104 valence electrons. The lowest BCUT2D eigenvalue weighted by Gasteiger charge is -2.08. The van der Waals surface area contributed by atoms with E-state index in [0.717, 1.165) is 11.1 Å². The van der Waals surface area contributed by atoms with Crippen molar-refractivity contribution in [2.45, 2.75) is 13.5 Å². The van der Waals surface area contributed by atoms with E-state index in [-0.39, 0.29) is 18.2 Å². The summed E-state index contributed by atoms with van der Waals surface area (Å²) < 4.78 is 18.8. The lowest BCUT2D eigenvalue weighted by molar-refractivity contribution is -0.121. The molecule has 0 aromatic heterocycles. The average Bonchev–Trinajstić information content (AvgIpc) is 2.43. The molecule has 0 heterocycles. The first kappa shape index (κ1) is 14.2. The second-order valence-corrected chi connectivity index (χ2v) is 4.51. The van der Waals surface area contributed by atoms with Gasteiger partial charge in [-0.25, -0.2) is 4.39 Å². The number of carbonyl (C=O) groups is 1. The van der Waals surface area contributed by atoms with E-state index in [9.17, 15) is 9.18 Å². The van der Waals surface area contributed by atoms with Gasteiger partial charge in [0.2, 0.25) is 5.91 Å². The van der Waals surface area contributed by atoms with Gasteiger partial charge in [0.15, 0.2) is 0 Å². The summed E-state index contributed by atoms with van der Waals surface area (Å²) in [5.41, 5.74) is 1.96. The molecular formula is C16H16FNO2. The van der Waals surface area contributed by atoms with E-state index in [1.54, 1.807) is 19.1 Å². The minimum absolute atomic E-state index is 0.109. The highest BCUT2D eigenvalue weighted by atomic mass is 19.1. The lowest BCUT2D eigenvalue weighted by atomic mass is 10.2. The Bertz CT molecular complexity index is 584. The van der Waals surface area contributed by atoms with Gasteiger partial charge in [-0.3, -0.25) is 4.79 Å². The zero-order valence-electron chi connectivity index (χ0n) is 11.2. The van der Waals surface area contributed by atoms with Crippen molar-refractivity contribution >= 4 is 11.6 Å². The van der Waals surface area contributed by atoms with Crippen LogP contribution in [-0.2, 0) is 16.1 Å². The van der Waals surface area contributed by atoms with Crippen LogP contribution in [-0.4, -0.2) is 12.5 Å². The van der Waals surface area contributed by atoms with Crippen molar-refractivity contribution in [1.82, 2.24) is 0 Å². The molecule has 1 amide bonds. The molecule has 2 aromatic rings. The molecule has 0 unspecified atom stereocenters. The predicted octanol–water partition coefficient (Wildman–Crippen LogP) is 3.29. The standard InChI is InChI=1S/C16H16FNO2/c1-12-7-8-15(14(17)9-12)18-16(19)11-20-10-13-5-3-2-4-6-13/h2-9H,10-11H2,1H3,(H,18,19). The predicted molar refractivity (Wildman–Crippen MR) is 75.9 cm³/mol. The summed E-state index contributed by atoms with van der Waals surface area (Å²) >= 11 is 0. The fraction of sp³-hybridized carbons (Fsp3) is 0.188. The fourth-order valence-corrected chi connectivity index (χ4v) is 1.74. The third-order valence-electron chi connectivity index (χ3n) is 2.74. The monoisotopic (exact) mass is 273 g/mol. The molecule has 0 fully saturated rings. The number of benzene rings is 2. The Kier molecular flexibility index (Phi) is 4.85. The van der Waals surface area contributed by atoms with Crippen molar-refractivity contribution in [2.24, 2.45) is 0 Å². The number of ether oxygens (including phenoxy) is 1. The summed E-state index contributed by atoms with van der Waals surface area (Å²) in [6.45, 7) is 2.03. The van der Waals surface area contributed by atoms with E-state index >= 15 is 0 Å². The van der Waals surface area contributed by atoms with Gasteiger partial charge in [0.25, 0.3) is 0 Å². The molecule has 0 aliphatic carbocycles. The van der Waals surface area contributed by atoms with Gasteiger partial charge in [0.1, 0.15) is 12.4 Å². The third kappa shape index (κ3) is 4.17. The Morgan fingerprint density at radius 2 is 1.95 bits per heavy atom. The summed E-state index contributed by atoms with van der Waals surface area (Å²) in [6.07, 6.45) is 0. The van der Waals surface area contributed by atoms with Gasteiger partial charge in [-0.05, 0) is 30.2 Å². The topological polar surface area (TPSA) is 38.3 Å². The largest absolute Gasteiger partial charge is 0.367 e. The van der Waals surface area contributed by atoms with Gasteiger partial charge < -0.3 is 10.1 Å². The van der Waals surface area contributed by atoms with Crippen molar-refractivity contribution in [1.29, 1.82) is 0 Å². The Morgan fingerprint density at radius 1 is 1.20 bits per heavy atom. The average molecular weight is 273 g/mol. The molecule has 0 radical (unpaired) electrons. The van der Waals surface area contributed by atoms with Crippen LogP contribution in [0.2, 0.25) is 0 Å². The Morgan fingerprint density at radius 3 is 2.65 bits per heavy atom. The Hall–Kier alpha value is -2.20. The first-order chi connectivity index (χ1) is 9.65. The summed E-state index contributed by atoms with van der Waals surface area (Å²) in [5.74, 6) is -0.815. The highest BCUT2D eigenvalue weighted by Crippen LogP contribution is 2.15. The van der Waals surface area contributed by atoms with Crippen LogP contribution in [0, 0.1) is 12.7 Å². The van der Waals surface area contributed by atoms with Crippen LogP contribution < -0.4 is 5.32 Å². The van der Waals surface area contributed by atoms with E-state index < -0.39 is 5.82 Å². The number of halogens is 1. The van der Waals surface area contributed by atoms with Gasteiger partial charge in [0.05, 0.1) is 12.3 Å². The maximum atomic E-state index is 13.5. The van der Waals surface area contributed by atoms with Crippen LogP contribution in [0.15, 0.2) is 48.5 Å². The minimum Gasteiger partial charge on any atom is -0.367 e. The second-order valence-electron chi connectivity index (χ2n) is 4.51. The van der Waals surface area contributed by atoms with Crippen LogP contribution >= 0.6 is 0 Å². The number of hydrogen-bond donors (Lipinski definition) is 1. The normalized spacial score (nSPS) is 10.3. The highest BCUT2D eigenvalue weighted by molar-refractivity contribution is 5.91. The molecule has 0 saturated carbocycles. The minimum atomic E-state index is -0.443. The van der Waals surface area contributed by atoms with Crippen LogP contribution in [0.5, 0.6) is 0 Å². The van der Waals surface area contributed by atoms with Gasteiger partial charge in [-0.15, -0.1) is 0 Å². The van der Waals surface area contributed by atoms with E-state index in [1.165, 1.54) is 6.07 Å². The van der Waals surface area contributed by atoms with Gasteiger partial charge in [-0.2, -0.15) is 0 Å². The van der Waals surface area contributed by atoms with Gasteiger partial charge in [-0.1, -0.05) is 36.4 Å². The second kappa shape index (κ2) is 6.82. The molecule has 3 nitrogen and oxygen atoms in total. The van der Waals surface area contributed by atoms with E-state index in [1.807, 2.05) is 30.3 Å². The van der Waals surface area contributed by atoms with Crippen molar-refractivity contribution in [2.75, 3.05) is 11.9 Å². The molecule has 0 aliphatic rings. The van der Waals surface area contributed by atoms with Gasteiger partial charge >= 0.3 is 0 Å². The quantitative estimate of drug-likeness (QED) is 0.907. The number of amides is 1. The van der Waals surface area contributed by atoms with Crippen LogP contribution in [0.4, 0.5) is 10.1 Å². The molecule has 2 aromatic carbocycles. The molecule has 1 N–H and O–H groups in total. The van der Waals surface area contributed by atoms with E-state index in [0.29, 0.717) is 6.61 Å². The van der Waals surface area contributed by atoms with Crippen molar-refractivity contribution < 1.29 is 13.9 Å². The van der Waals surface area contributed by atoms with Crippen LogP contribution in [0.1, 0.15) is 11.1 Å². The molecule has 0 saturated heterocycles. The maximum absolute atomic E-state index is 13.5. The molecule has 0 aliphatic heterocycles. The van der Waals surface area contributed by atoms with Crippen LogP contribution in [0.3, 0.4) is 0 Å². The molecule has 0 spiro atoms. The highest BCUT2D eigenvalue weighted by Gasteiger charge is 2.07. The smallest absolute Gasteiger partial charge is 0.250 e. The molecule has 4 heteroatoms. The summed E-state index contributed by atoms with van der Waals surface area (Å²) in [5, 5.41) is 2.48. The lowest BCUT2D eigenvalue weighted by Crippen LogP contribution is -2.19. The third-order valence-corrected chi connectivity index (χ3v) is 2.74. The first-order valence-electron chi connectivity index (χ1n) is 6.33. The van der Waals surface area contributed by atoms with Crippen molar-refractivity contribution in [3.8, 4) is 0 Å². The molecule has 0 bridgehead atoms. The molecule has 0 atom stereocenters. The van der Waals surface area contributed by atoms with E-state index in [2.05, 4.69) is 5.32 Å². The maximum Gasteiger partial charge on any atom is 0.250 e. The number of rotatable bonds is 5. The van der Waals surface area contributed by atoms with Crippen molar-refractivity contribution in [3.63, 3.8) is 0 Å².